The van der Waals surface area contributed by atoms with E-state index in [0.29, 0.717) is 23.9 Å². The monoisotopic (exact) mass is 388 g/mol. The van der Waals surface area contributed by atoms with Crippen molar-refractivity contribution in [3.8, 4) is 0 Å². The van der Waals surface area contributed by atoms with Gasteiger partial charge in [0.1, 0.15) is 0 Å². The molecule has 0 aromatic heterocycles. The molecule has 0 spiro atoms. The van der Waals surface area contributed by atoms with Crippen molar-refractivity contribution in [2.24, 2.45) is 0 Å². The number of nitrogens with one attached hydrogen (secondary N) is 2. The van der Waals surface area contributed by atoms with Crippen molar-refractivity contribution in [3.05, 3.63) is 29.3 Å². The number of ether oxygens (including phenoxy) is 2. The summed E-state index contributed by atoms with van der Waals surface area (Å²) in [5, 5.41) is 5.84. The number of esters is 1. The molecular weight excluding hydrogens is 368 g/mol. The van der Waals surface area contributed by atoms with Crippen molar-refractivity contribution < 1.29 is 23.9 Å². The number of benzene rings is 1. The van der Waals surface area contributed by atoms with E-state index in [1.807, 2.05) is 0 Å². The molecule has 9 heteroatoms. The van der Waals surface area contributed by atoms with E-state index in [9.17, 15) is 14.4 Å². The molecule has 1 aromatic rings. The van der Waals surface area contributed by atoms with Gasteiger partial charge < -0.3 is 20.1 Å². The summed E-state index contributed by atoms with van der Waals surface area (Å²) in [5.74, 6) is -1.13. The van der Waals surface area contributed by atoms with Gasteiger partial charge in [0.25, 0.3) is 5.91 Å². The maximum Gasteiger partial charge on any atom is 0.316 e. The normalized spacial score (nSPS) is 11.5. The van der Waals surface area contributed by atoms with E-state index < -0.39 is 18.0 Å². The Morgan fingerprint density at radius 1 is 1.20 bits per heavy atom. The molecule has 2 N–H and O–H groups in total. The Hall–Kier alpha value is -1.77. The van der Waals surface area contributed by atoms with Crippen LogP contribution in [0.2, 0.25) is 5.02 Å². The summed E-state index contributed by atoms with van der Waals surface area (Å²) in [5.41, 5.74) is 0.624. The van der Waals surface area contributed by atoms with Gasteiger partial charge in [-0.15, -0.1) is 11.8 Å². The molecule has 0 unspecified atom stereocenters. The average molecular weight is 389 g/mol. The predicted molar refractivity (Wildman–Crippen MR) is 97.8 cm³/mol. The Morgan fingerprint density at radius 2 is 1.88 bits per heavy atom. The zero-order chi connectivity index (χ0) is 18.7. The molecule has 7 nitrogen and oxygen atoms in total. The van der Waals surface area contributed by atoms with Crippen LogP contribution < -0.4 is 10.6 Å². The van der Waals surface area contributed by atoms with E-state index in [0.717, 1.165) is 11.8 Å². The van der Waals surface area contributed by atoms with Gasteiger partial charge in [0.15, 0.2) is 6.10 Å². The minimum Gasteiger partial charge on any atom is -0.452 e. The summed E-state index contributed by atoms with van der Waals surface area (Å²) in [6.45, 7) is 2.21. The zero-order valence-electron chi connectivity index (χ0n) is 14.0. The van der Waals surface area contributed by atoms with Gasteiger partial charge in [-0.25, -0.2) is 0 Å². The summed E-state index contributed by atoms with van der Waals surface area (Å²) in [6.07, 6.45) is -0.896. The van der Waals surface area contributed by atoms with Gasteiger partial charge in [-0.2, -0.15) is 0 Å². The lowest BCUT2D eigenvalue weighted by Gasteiger charge is -2.13. The Balaban J connectivity index is 2.21. The molecule has 138 valence electrons. The third kappa shape index (κ3) is 9.33. The standard InChI is InChI=1S/C16H21ClN2O5S/c1-11(16(22)18-7-8-23-2)24-15(21)10-25-9-14(20)19-13-5-3-12(17)4-6-13/h3-6,11H,7-10H2,1-2H3,(H,18,22)(H,19,20)/t11-/m1/s1. The van der Waals surface area contributed by atoms with Crippen LogP contribution in [-0.2, 0) is 23.9 Å². The topological polar surface area (TPSA) is 93.7 Å². The smallest absolute Gasteiger partial charge is 0.316 e. The molecule has 1 rings (SSSR count). The number of amides is 2. The van der Waals surface area contributed by atoms with E-state index in [1.165, 1.54) is 14.0 Å². The first-order chi connectivity index (χ1) is 11.9. The highest BCUT2D eigenvalue weighted by Gasteiger charge is 2.17. The van der Waals surface area contributed by atoms with Crippen LogP contribution in [-0.4, -0.2) is 55.7 Å². The van der Waals surface area contributed by atoms with Gasteiger partial charge in [-0.05, 0) is 31.2 Å². The lowest BCUT2D eigenvalue weighted by Crippen LogP contribution is -2.37. The molecule has 0 radical (unpaired) electrons. The quantitative estimate of drug-likeness (QED) is 0.468. The highest BCUT2D eigenvalue weighted by Crippen LogP contribution is 2.14. The molecule has 1 atom stereocenters. The molecule has 0 saturated carbocycles. The number of halogens is 1. The van der Waals surface area contributed by atoms with Gasteiger partial charge in [0, 0.05) is 24.4 Å². The maximum atomic E-state index is 11.8. The van der Waals surface area contributed by atoms with Crippen LogP contribution in [0, 0.1) is 0 Å². The van der Waals surface area contributed by atoms with Crippen molar-refractivity contribution in [2.75, 3.05) is 37.1 Å². The van der Waals surface area contributed by atoms with Crippen molar-refractivity contribution in [3.63, 3.8) is 0 Å². The first-order valence-electron chi connectivity index (χ1n) is 7.51. The van der Waals surface area contributed by atoms with Crippen molar-refractivity contribution in [1.29, 1.82) is 0 Å². The number of hydrogen-bond acceptors (Lipinski definition) is 6. The number of rotatable bonds is 10. The van der Waals surface area contributed by atoms with E-state index in [1.54, 1.807) is 24.3 Å². The number of carbonyl (C=O) groups excluding carboxylic acids is 3. The van der Waals surface area contributed by atoms with Crippen LogP contribution in [0.3, 0.4) is 0 Å². The molecule has 2 amide bonds. The van der Waals surface area contributed by atoms with Crippen molar-refractivity contribution in [1.82, 2.24) is 5.32 Å². The third-order valence-electron chi connectivity index (χ3n) is 2.86. The lowest BCUT2D eigenvalue weighted by atomic mass is 10.3. The molecule has 25 heavy (non-hydrogen) atoms. The lowest BCUT2D eigenvalue weighted by molar-refractivity contribution is -0.152. The Morgan fingerprint density at radius 3 is 2.52 bits per heavy atom. The summed E-state index contributed by atoms with van der Waals surface area (Å²) >= 11 is 6.87. The minimum atomic E-state index is -0.896. The van der Waals surface area contributed by atoms with Crippen LogP contribution in [0.5, 0.6) is 0 Å². The van der Waals surface area contributed by atoms with Gasteiger partial charge >= 0.3 is 5.97 Å². The molecular formula is C16H21ClN2O5S. The fourth-order valence-electron chi connectivity index (χ4n) is 1.66. The molecule has 0 aliphatic rings. The van der Waals surface area contributed by atoms with Crippen LogP contribution >= 0.6 is 23.4 Å². The second-order valence-corrected chi connectivity index (χ2v) is 6.39. The van der Waals surface area contributed by atoms with E-state index in [-0.39, 0.29) is 17.4 Å². The Labute approximate surface area is 155 Å². The second kappa shape index (κ2) is 11.7. The van der Waals surface area contributed by atoms with Crippen LogP contribution in [0.4, 0.5) is 5.69 Å². The largest absolute Gasteiger partial charge is 0.452 e. The minimum absolute atomic E-state index is 0.0241. The first kappa shape index (κ1) is 21.3. The van der Waals surface area contributed by atoms with Gasteiger partial charge in [-0.3, -0.25) is 14.4 Å². The molecule has 0 aliphatic carbocycles. The highest BCUT2D eigenvalue weighted by molar-refractivity contribution is 8.00. The maximum absolute atomic E-state index is 11.8. The average Bonchev–Trinajstić information content (AvgIpc) is 2.57. The Kier molecular flexibility index (Phi) is 9.98. The summed E-state index contributed by atoms with van der Waals surface area (Å²) < 4.78 is 9.80. The van der Waals surface area contributed by atoms with Crippen molar-refractivity contribution in [2.45, 2.75) is 13.0 Å². The second-order valence-electron chi connectivity index (χ2n) is 4.96. The first-order valence-corrected chi connectivity index (χ1v) is 9.05. The number of hydrogen-bond donors (Lipinski definition) is 2. The van der Waals surface area contributed by atoms with Crippen molar-refractivity contribution >= 4 is 46.8 Å². The van der Waals surface area contributed by atoms with Crippen LogP contribution in [0.25, 0.3) is 0 Å². The van der Waals surface area contributed by atoms with E-state index in [4.69, 9.17) is 21.1 Å². The van der Waals surface area contributed by atoms with Crippen LogP contribution in [0.15, 0.2) is 24.3 Å². The number of carbonyl (C=O) groups is 3. The highest BCUT2D eigenvalue weighted by atomic mass is 35.5. The van der Waals surface area contributed by atoms with Gasteiger partial charge in [0.2, 0.25) is 5.91 Å². The number of anilines is 1. The molecule has 1 aromatic carbocycles. The predicted octanol–water partition coefficient (Wildman–Crippen LogP) is 1.71. The SMILES string of the molecule is COCCNC(=O)[C@@H](C)OC(=O)CSCC(=O)Nc1ccc(Cl)cc1. The summed E-state index contributed by atoms with van der Waals surface area (Å²) in [7, 11) is 1.52. The van der Waals surface area contributed by atoms with Gasteiger partial charge in [0.05, 0.1) is 18.1 Å². The fourth-order valence-corrected chi connectivity index (χ4v) is 2.38. The fraction of sp³-hybridized carbons (Fsp3) is 0.438. The zero-order valence-corrected chi connectivity index (χ0v) is 15.6. The third-order valence-corrected chi connectivity index (χ3v) is 4.02. The molecule has 0 fully saturated rings. The molecule has 0 bridgehead atoms. The number of thioether (sulfide) groups is 1. The van der Waals surface area contributed by atoms with E-state index in [2.05, 4.69) is 10.6 Å². The summed E-state index contributed by atoms with van der Waals surface area (Å²) in [4.78, 5) is 35.1. The van der Waals surface area contributed by atoms with Gasteiger partial charge in [-0.1, -0.05) is 11.6 Å². The summed E-state index contributed by atoms with van der Waals surface area (Å²) in [6, 6.07) is 6.70. The Bertz CT molecular complexity index is 582. The molecule has 0 heterocycles. The molecule has 0 saturated heterocycles. The number of methoxy groups -OCH3 is 1. The molecule has 0 aliphatic heterocycles. The van der Waals surface area contributed by atoms with E-state index >= 15 is 0 Å². The van der Waals surface area contributed by atoms with Crippen LogP contribution in [0.1, 0.15) is 6.92 Å².